The van der Waals surface area contributed by atoms with E-state index in [9.17, 15) is 4.39 Å². The van der Waals surface area contributed by atoms with Gasteiger partial charge in [0.2, 0.25) is 0 Å². The summed E-state index contributed by atoms with van der Waals surface area (Å²) in [5.74, 6) is 1.02. The monoisotopic (exact) mass is 285 g/mol. The second kappa shape index (κ2) is 4.84. The van der Waals surface area contributed by atoms with Crippen molar-refractivity contribution in [1.29, 1.82) is 0 Å². The summed E-state index contributed by atoms with van der Waals surface area (Å²) in [4.78, 5) is 0. The van der Waals surface area contributed by atoms with Crippen molar-refractivity contribution in [3.05, 3.63) is 34.1 Å². The first-order chi connectivity index (χ1) is 7.58. The average molecular weight is 286 g/mol. The normalized spacial score (nSPS) is 29.6. The second-order valence-electron chi connectivity index (χ2n) is 4.81. The van der Waals surface area contributed by atoms with Crippen LogP contribution in [-0.2, 0) is 6.42 Å². The standard InChI is InChI=1S/C13H17BrFN/c1-8-10(3-5-13(8)16)6-9-2-4-12(15)11(14)7-9/h2,4,7-8,10,13H,3,5-6,16H2,1H3. The molecule has 0 aliphatic heterocycles. The maximum Gasteiger partial charge on any atom is 0.137 e. The summed E-state index contributed by atoms with van der Waals surface area (Å²) in [5.41, 5.74) is 7.20. The van der Waals surface area contributed by atoms with E-state index in [4.69, 9.17) is 5.73 Å². The van der Waals surface area contributed by atoms with Crippen molar-refractivity contribution >= 4 is 15.9 Å². The van der Waals surface area contributed by atoms with Crippen molar-refractivity contribution < 1.29 is 4.39 Å². The Hall–Kier alpha value is -0.410. The Labute approximate surface area is 104 Å². The molecular formula is C13H17BrFN. The third kappa shape index (κ3) is 2.46. The van der Waals surface area contributed by atoms with Gasteiger partial charge in [-0.2, -0.15) is 0 Å². The third-order valence-electron chi connectivity index (χ3n) is 3.77. The van der Waals surface area contributed by atoms with E-state index in [1.54, 1.807) is 0 Å². The lowest BCUT2D eigenvalue weighted by atomic mass is 9.90. The van der Waals surface area contributed by atoms with Gasteiger partial charge in [-0.3, -0.25) is 0 Å². The van der Waals surface area contributed by atoms with Gasteiger partial charge in [-0.05, 0) is 64.7 Å². The molecule has 2 N–H and O–H groups in total. The zero-order chi connectivity index (χ0) is 11.7. The van der Waals surface area contributed by atoms with E-state index in [0.717, 1.165) is 12.8 Å². The Kier molecular flexibility index (Phi) is 3.65. The van der Waals surface area contributed by atoms with Crippen molar-refractivity contribution in [2.24, 2.45) is 17.6 Å². The second-order valence-corrected chi connectivity index (χ2v) is 5.67. The minimum atomic E-state index is -0.195. The first kappa shape index (κ1) is 12.1. The summed E-state index contributed by atoms with van der Waals surface area (Å²) in [6, 6.07) is 5.62. The molecule has 1 fully saturated rings. The van der Waals surface area contributed by atoms with E-state index in [0.29, 0.717) is 22.4 Å². The summed E-state index contributed by atoms with van der Waals surface area (Å²) in [7, 11) is 0. The summed E-state index contributed by atoms with van der Waals surface area (Å²) in [6.07, 6.45) is 3.32. The molecule has 3 heteroatoms. The van der Waals surface area contributed by atoms with Gasteiger partial charge in [-0.1, -0.05) is 13.0 Å². The molecule has 1 aliphatic rings. The molecule has 0 bridgehead atoms. The summed E-state index contributed by atoms with van der Waals surface area (Å²) in [5, 5.41) is 0. The highest BCUT2D eigenvalue weighted by Crippen LogP contribution is 2.33. The van der Waals surface area contributed by atoms with Crippen LogP contribution < -0.4 is 5.73 Å². The molecule has 2 rings (SSSR count). The van der Waals surface area contributed by atoms with Crippen molar-refractivity contribution in [3.8, 4) is 0 Å². The van der Waals surface area contributed by atoms with Gasteiger partial charge in [0, 0.05) is 6.04 Å². The van der Waals surface area contributed by atoms with Crippen molar-refractivity contribution in [2.45, 2.75) is 32.2 Å². The Morgan fingerprint density at radius 2 is 2.19 bits per heavy atom. The van der Waals surface area contributed by atoms with Crippen LogP contribution in [0.3, 0.4) is 0 Å². The van der Waals surface area contributed by atoms with Gasteiger partial charge in [0.1, 0.15) is 5.82 Å². The van der Waals surface area contributed by atoms with Crippen molar-refractivity contribution in [3.63, 3.8) is 0 Å². The van der Waals surface area contributed by atoms with Gasteiger partial charge in [-0.15, -0.1) is 0 Å². The van der Waals surface area contributed by atoms with Crippen LogP contribution in [0.5, 0.6) is 0 Å². The van der Waals surface area contributed by atoms with Crippen LogP contribution in [0.25, 0.3) is 0 Å². The Morgan fingerprint density at radius 3 is 2.75 bits per heavy atom. The fourth-order valence-electron chi connectivity index (χ4n) is 2.54. The zero-order valence-electron chi connectivity index (χ0n) is 9.42. The lowest BCUT2D eigenvalue weighted by Gasteiger charge is -2.18. The lowest BCUT2D eigenvalue weighted by Crippen LogP contribution is -2.25. The first-order valence-corrected chi connectivity index (χ1v) is 6.56. The third-order valence-corrected chi connectivity index (χ3v) is 4.38. The van der Waals surface area contributed by atoms with E-state index in [2.05, 4.69) is 22.9 Å². The van der Waals surface area contributed by atoms with Crippen LogP contribution in [0.4, 0.5) is 4.39 Å². The first-order valence-electron chi connectivity index (χ1n) is 5.77. The maximum absolute atomic E-state index is 13.1. The highest BCUT2D eigenvalue weighted by Gasteiger charge is 2.30. The number of nitrogens with two attached hydrogens (primary N) is 1. The lowest BCUT2D eigenvalue weighted by molar-refractivity contribution is 0.390. The summed E-state index contributed by atoms with van der Waals surface area (Å²) < 4.78 is 13.6. The van der Waals surface area contributed by atoms with Gasteiger partial charge in [0.05, 0.1) is 4.47 Å². The molecule has 3 atom stereocenters. The minimum absolute atomic E-state index is 0.195. The van der Waals surface area contributed by atoms with E-state index >= 15 is 0 Å². The largest absolute Gasteiger partial charge is 0.327 e. The van der Waals surface area contributed by atoms with E-state index in [1.807, 2.05) is 12.1 Å². The molecule has 88 valence electrons. The van der Waals surface area contributed by atoms with Crippen molar-refractivity contribution in [1.82, 2.24) is 0 Å². The molecule has 0 saturated heterocycles. The van der Waals surface area contributed by atoms with Crippen LogP contribution in [0.15, 0.2) is 22.7 Å². The number of benzene rings is 1. The predicted octanol–water partition coefficient (Wildman–Crippen LogP) is 3.50. The van der Waals surface area contributed by atoms with E-state index in [1.165, 1.54) is 18.1 Å². The van der Waals surface area contributed by atoms with Gasteiger partial charge in [0.15, 0.2) is 0 Å². The Balaban J connectivity index is 2.07. The molecule has 0 aromatic heterocycles. The smallest absolute Gasteiger partial charge is 0.137 e. The molecule has 0 radical (unpaired) electrons. The van der Waals surface area contributed by atoms with Crippen LogP contribution in [-0.4, -0.2) is 6.04 Å². The highest BCUT2D eigenvalue weighted by molar-refractivity contribution is 9.10. The van der Waals surface area contributed by atoms with Crippen LogP contribution in [0.2, 0.25) is 0 Å². The number of hydrogen-bond acceptors (Lipinski definition) is 1. The molecule has 1 aliphatic carbocycles. The fourth-order valence-corrected chi connectivity index (χ4v) is 2.97. The molecule has 0 amide bonds. The van der Waals surface area contributed by atoms with Crippen LogP contribution in [0, 0.1) is 17.7 Å². The molecular weight excluding hydrogens is 269 g/mol. The van der Waals surface area contributed by atoms with E-state index < -0.39 is 0 Å². The summed E-state index contributed by atoms with van der Waals surface area (Å²) in [6.45, 7) is 2.22. The van der Waals surface area contributed by atoms with Gasteiger partial charge >= 0.3 is 0 Å². The van der Waals surface area contributed by atoms with E-state index in [-0.39, 0.29) is 5.82 Å². The number of hydrogen-bond donors (Lipinski definition) is 1. The van der Waals surface area contributed by atoms with Crippen LogP contribution >= 0.6 is 15.9 Å². The molecule has 0 heterocycles. The Bertz CT molecular complexity index is 380. The molecule has 1 aromatic carbocycles. The van der Waals surface area contributed by atoms with Gasteiger partial charge in [0.25, 0.3) is 0 Å². The molecule has 3 unspecified atom stereocenters. The van der Waals surface area contributed by atoms with Gasteiger partial charge in [-0.25, -0.2) is 4.39 Å². The number of rotatable bonds is 2. The predicted molar refractivity (Wildman–Crippen MR) is 67.7 cm³/mol. The topological polar surface area (TPSA) is 26.0 Å². The van der Waals surface area contributed by atoms with Crippen LogP contribution in [0.1, 0.15) is 25.3 Å². The Morgan fingerprint density at radius 1 is 1.44 bits per heavy atom. The fraction of sp³-hybridized carbons (Fsp3) is 0.538. The maximum atomic E-state index is 13.1. The molecule has 0 spiro atoms. The minimum Gasteiger partial charge on any atom is -0.327 e. The average Bonchev–Trinajstić information content (AvgIpc) is 2.55. The molecule has 1 aromatic rings. The quantitative estimate of drug-likeness (QED) is 0.884. The molecule has 16 heavy (non-hydrogen) atoms. The molecule has 1 saturated carbocycles. The molecule has 1 nitrogen and oxygen atoms in total. The zero-order valence-corrected chi connectivity index (χ0v) is 11.0. The van der Waals surface area contributed by atoms with Gasteiger partial charge < -0.3 is 5.73 Å². The summed E-state index contributed by atoms with van der Waals surface area (Å²) >= 11 is 3.22. The highest BCUT2D eigenvalue weighted by atomic mass is 79.9. The SMILES string of the molecule is CC1C(N)CCC1Cc1ccc(F)c(Br)c1. The van der Waals surface area contributed by atoms with Crippen molar-refractivity contribution in [2.75, 3.05) is 0 Å². The number of halogens is 2.